The molecular weight excluding hydrogens is 386 g/mol. The van der Waals surface area contributed by atoms with Gasteiger partial charge in [-0.3, -0.25) is 9.78 Å². The van der Waals surface area contributed by atoms with Crippen LogP contribution in [-0.2, 0) is 16.4 Å². The van der Waals surface area contributed by atoms with Crippen LogP contribution in [0.25, 0.3) is 10.9 Å². The van der Waals surface area contributed by atoms with E-state index in [0.29, 0.717) is 27.5 Å². The monoisotopic (exact) mass is 403 g/mol. The number of fused-ring (bicyclic) bond motifs is 1. The zero-order valence-corrected chi connectivity index (χ0v) is 16.6. The second kappa shape index (κ2) is 7.25. The fraction of sp³-hybridized carbons (Fsp3) is 0.211. The van der Waals surface area contributed by atoms with Gasteiger partial charge in [-0.2, -0.15) is 0 Å². The van der Waals surface area contributed by atoms with Crippen molar-refractivity contribution in [3.8, 4) is 0 Å². The number of benzene rings is 1. The Morgan fingerprint density at radius 3 is 2.63 bits per heavy atom. The Morgan fingerprint density at radius 2 is 1.93 bits per heavy atom. The van der Waals surface area contributed by atoms with E-state index in [4.69, 9.17) is 11.6 Å². The average molecular weight is 404 g/mol. The lowest BCUT2D eigenvalue weighted by atomic mass is 10.1. The van der Waals surface area contributed by atoms with Gasteiger partial charge in [0.2, 0.25) is 0 Å². The largest absolute Gasteiger partial charge is 0.346 e. The van der Waals surface area contributed by atoms with Crippen molar-refractivity contribution in [1.29, 1.82) is 0 Å². The Hall–Kier alpha value is -2.51. The topological polar surface area (TPSA) is 89.0 Å². The molecule has 0 bridgehead atoms. The van der Waals surface area contributed by atoms with Crippen molar-refractivity contribution in [3.05, 3.63) is 64.1 Å². The first-order valence-corrected chi connectivity index (χ1v) is 10.4. The van der Waals surface area contributed by atoms with Crippen molar-refractivity contribution in [3.63, 3.8) is 0 Å². The number of aromatic nitrogens is 2. The van der Waals surface area contributed by atoms with Gasteiger partial charge in [0.1, 0.15) is 5.15 Å². The van der Waals surface area contributed by atoms with Gasteiger partial charge in [-0.1, -0.05) is 11.6 Å². The summed E-state index contributed by atoms with van der Waals surface area (Å²) in [4.78, 5) is 21.2. The number of hydrogen-bond acceptors (Lipinski definition) is 5. The third-order valence-corrected chi connectivity index (χ3v) is 5.74. The van der Waals surface area contributed by atoms with Crippen molar-refractivity contribution in [2.24, 2.45) is 0 Å². The molecule has 0 atom stereocenters. The molecule has 2 aromatic heterocycles. The lowest BCUT2D eigenvalue weighted by Crippen LogP contribution is -2.24. The second-order valence-corrected chi connectivity index (χ2v) is 8.74. The average Bonchev–Trinajstić information content (AvgIpc) is 2.60. The zero-order chi connectivity index (χ0) is 19.8. The summed E-state index contributed by atoms with van der Waals surface area (Å²) in [6.45, 7) is 3.69. The van der Waals surface area contributed by atoms with Gasteiger partial charge in [-0.15, -0.1) is 0 Å². The van der Waals surface area contributed by atoms with E-state index in [-0.39, 0.29) is 17.3 Å². The number of aryl methyl sites for hydroxylation is 1. The quantitative estimate of drug-likeness (QED) is 0.675. The third-order valence-electron chi connectivity index (χ3n) is 4.31. The molecule has 0 saturated heterocycles. The molecule has 0 aliphatic heterocycles. The molecule has 3 rings (SSSR count). The molecule has 2 heterocycles. The van der Waals surface area contributed by atoms with Gasteiger partial charge in [0.15, 0.2) is 9.84 Å². The SMILES string of the molecule is Cc1cc(C(=O)NCc2cc3nc(Cl)ccc3cn2)cc(S(C)(=O)=O)c1C. The second-order valence-electron chi connectivity index (χ2n) is 6.37. The molecule has 0 unspecified atom stereocenters. The molecule has 8 heteroatoms. The first-order valence-electron chi connectivity index (χ1n) is 8.16. The standard InChI is InChI=1S/C19H18ClN3O3S/c1-11-6-14(7-17(12(11)2)27(3,25)26)19(24)22-10-15-8-16-13(9-21-15)4-5-18(20)23-16/h4-9H,10H2,1-3H3,(H,22,24). The normalized spacial score (nSPS) is 11.6. The molecule has 1 aromatic carbocycles. The number of nitrogens with one attached hydrogen (secondary N) is 1. The maximum atomic E-state index is 12.5. The summed E-state index contributed by atoms with van der Waals surface area (Å²) in [5.74, 6) is -0.371. The molecule has 0 fully saturated rings. The predicted molar refractivity (Wildman–Crippen MR) is 105 cm³/mol. The molecule has 1 amide bonds. The smallest absolute Gasteiger partial charge is 0.251 e. The molecule has 0 aliphatic carbocycles. The minimum absolute atomic E-state index is 0.162. The summed E-state index contributed by atoms with van der Waals surface area (Å²) in [6.07, 6.45) is 2.80. The Morgan fingerprint density at radius 1 is 1.19 bits per heavy atom. The molecule has 6 nitrogen and oxygen atoms in total. The van der Waals surface area contributed by atoms with E-state index in [1.165, 1.54) is 6.07 Å². The molecule has 1 N–H and O–H groups in total. The zero-order valence-electron chi connectivity index (χ0n) is 15.1. The fourth-order valence-corrected chi connectivity index (χ4v) is 3.96. The number of nitrogens with zero attached hydrogens (tertiary/aromatic N) is 2. The number of rotatable bonds is 4. The number of sulfone groups is 1. The summed E-state index contributed by atoms with van der Waals surface area (Å²) in [7, 11) is -3.42. The molecule has 0 aliphatic rings. The van der Waals surface area contributed by atoms with Gasteiger partial charge in [-0.05, 0) is 55.3 Å². The molecule has 3 aromatic rings. The summed E-state index contributed by atoms with van der Waals surface area (Å²) in [6, 6.07) is 8.34. The molecule has 0 saturated carbocycles. The summed E-state index contributed by atoms with van der Waals surface area (Å²) in [5.41, 5.74) is 2.99. The molecule has 140 valence electrons. The van der Waals surface area contributed by atoms with Crippen molar-refractivity contribution in [1.82, 2.24) is 15.3 Å². The maximum absolute atomic E-state index is 12.5. The van der Waals surface area contributed by atoms with Crippen LogP contribution in [-0.4, -0.2) is 30.5 Å². The third kappa shape index (κ3) is 4.26. The highest BCUT2D eigenvalue weighted by Gasteiger charge is 2.17. The first-order chi connectivity index (χ1) is 12.6. The number of halogens is 1. The minimum atomic E-state index is -3.42. The van der Waals surface area contributed by atoms with Crippen molar-refractivity contribution in [2.75, 3.05) is 6.26 Å². The highest BCUT2D eigenvalue weighted by Crippen LogP contribution is 2.21. The van der Waals surface area contributed by atoms with Gasteiger partial charge in [0, 0.05) is 23.4 Å². The van der Waals surface area contributed by atoms with Crippen LogP contribution in [0.1, 0.15) is 27.2 Å². The van der Waals surface area contributed by atoms with Crippen molar-refractivity contribution < 1.29 is 13.2 Å². The first kappa shape index (κ1) is 19.3. The summed E-state index contributed by atoms with van der Waals surface area (Å²) < 4.78 is 23.9. The maximum Gasteiger partial charge on any atom is 0.251 e. The fourth-order valence-electron chi connectivity index (χ4n) is 2.75. The Bertz CT molecular complexity index is 1160. The van der Waals surface area contributed by atoms with Crippen molar-refractivity contribution >= 4 is 38.2 Å². The van der Waals surface area contributed by atoms with Crippen LogP contribution in [0.4, 0.5) is 0 Å². The van der Waals surface area contributed by atoms with Crippen LogP contribution < -0.4 is 5.32 Å². The van der Waals surface area contributed by atoms with Crippen LogP contribution in [0.5, 0.6) is 0 Å². The molecule has 0 spiro atoms. The predicted octanol–water partition coefficient (Wildman–Crippen LogP) is 3.23. The van der Waals surface area contributed by atoms with E-state index < -0.39 is 9.84 Å². The van der Waals surface area contributed by atoms with E-state index >= 15 is 0 Å². The number of carbonyl (C=O) groups excluding carboxylic acids is 1. The number of hydrogen-bond donors (Lipinski definition) is 1. The van der Waals surface area contributed by atoms with E-state index in [1.807, 2.05) is 6.07 Å². The summed E-state index contributed by atoms with van der Waals surface area (Å²) in [5, 5.41) is 3.99. The summed E-state index contributed by atoms with van der Waals surface area (Å²) >= 11 is 5.91. The number of amides is 1. The van der Waals surface area contributed by atoms with Crippen LogP contribution in [0.2, 0.25) is 5.15 Å². The molecular formula is C19H18ClN3O3S. The van der Waals surface area contributed by atoms with Crippen LogP contribution in [0, 0.1) is 13.8 Å². The lowest BCUT2D eigenvalue weighted by Gasteiger charge is -2.11. The minimum Gasteiger partial charge on any atom is -0.346 e. The molecule has 0 radical (unpaired) electrons. The van der Waals surface area contributed by atoms with Gasteiger partial charge in [0.25, 0.3) is 5.91 Å². The Kier molecular flexibility index (Phi) is 5.17. The lowest BCUT2D eigenvalue weighted by molar-refractivity contribution is 0.0950. The van der Waals surface area contributed by atoms with Crippen LogP contribution >= 0.6 is 11.6 Å². The van der Waals surface area contributed by atoms with Crippen molar-refractivity contribution in [2.45, 2.75) is 25.3 Å². The van der Waals surface area contributed by atoms with Crippen LogP contribution in [0.3, 0.4) is 0 Å². The van der Waals surface area contributed by atoms with E-state index in [9.17, 15) is 13.2 Å². The highest BCUT2D eigenvalue weighted by atomic mass is 35.5. The Labute approximate surface area is 162 Å². The van der Waals surface area contributed by atoms with Gasteiger partial charge in [-0.25, -0.2) is 13.4 Å². The van der Waals surface area contributed by atoms with Gasteiger partial charge < -0.3 is 5.32 Å². The number of pyridine rings is 2. The van der Waals surface area contributed by atoms with E-state index in [2.05, 4.69) is 15.3 Å². The van der Waals surface area contributed by atoms with Crippen LogP contribution in [0.15, 0.2) is 41.4 Å². The van der Waals surface area contributed by atoms with Gasteiger partial charge >= 0.3 is 0 Å². The van der Waals surface area contributed by atoms with E-state index in [0.717, 1.165) is 17.2 Å². The van der Waals surface area contributed by atoms with E-state index in [1.54, 1.807) is 38.2 Å². The van der Waals surface area contributed by atoms with Gasteiger partial charge in [0.05, 0.1) is 22.7 Å². The highest BCUT2D eigenvalue weighted by molar-refractivity contribution is 7.90. The molecule has 27 heavy (non-hydrogen) atoms. The Balaban J connectivity index is 1.83. The number of carbonyl (C=O) groups is 1.